The number of nitrogens with zero attached hydrogens (tertiary/aromatic N) is 5. The SMILES string of the molecule is CCc1nn(C)c(Cn2cc(C(=O)OC)nn2)c1Cl. The van der Waals surface area contributed by atoms with Crippen molar-refractivity contribution in [1.29, 1.82) is 0 Å². The highest BCUT2D eigenvalue weighted by atomic mass is 35.5. The molecule has 0 spiro atoms. The Balaban J connectivity index is 2.24. The molecule has 0 saturated heterocycles. The van der Waals surface area contributed by atoms with E-state index in [1.54, 1.807) is 4.68 Å². The van der Waals surface area contributed by atoms with Crippen molar-refractivity contribution >= 4 is 17.6 Å². The van der Waals surface area contributed by atoms with Crippen LogP contribution < -0.4 is 0 Å². The van der Waals surface area contributed by atoms with Gasteiger partial charge >= 0.3 is 5.97 Å². The lowest BCUT2D eigenvalue weighted by atomic mass is 10.3. The normalized spacial score (nSPS) is 10.7. The van der Waals surface area contributed by atoms with Gasteiger partial charge in [0.2, 0.25) is 0 Å². The Labute approximate surface area is 115 Å². The van der Waals surface area contributed by atoms with Crippen molar-refractivity contribution in [2.75, 3.05) is 7.11 Å². The van der Waals surface area contributed by atoms with Gasteiger partial charge in [0.05, 0.1) is 36.3 Å². The van der Waals surface area contributed by atoms with Crippen molar-refractivity contribution in [2.24, 2.45) is 7.05 Å². The second kappa shape index (κ2) is 5.40. The molecule has 2 aromatic heterocycles. The molecule has 19 heavy (non-hydrogen) atoms. The average molecular weight is 284 g/mol. The van der Waals surface area contributed by atoms with Crippen LogP contribution in [-0.2, 0) is 24.8 Å². The molecule has 0 aliphatic carbocycles. The van der Waals surface area contributed by atoms with E-state index in [1.165, 1.54) is 18.0 Å². The molecule has 0 amide bonds. The van der Waals surface area contributed by atoms with Crippen LogP contribution in [0.25, 0.3) is 0 Å². The number of hydrogen-bond donors (Lipinski definition) is 0. The zero-order valence-electron chi connectivity index (χ0n) is 10.9. The van der Waals surface area contributed by atoms with Crippen LogP contribution in [0, 0.1) is 0 Å². The van der Waals surface area contributed by atoms with E-state index in [1.807, 2.05) is 14.0 Å². The van der Waals surface area contributed by atoms with Gasteiger partial charge in [-0.25, -0.2) is 9.48 Å². The first-order chi connectivity index (χ1) is 9.06. The standard InChI is InChI=1S/C11H14ClN5O2/c1-4-7-10(12)9(16(2)14-7)6-17-5-8(13-15-17)11(18)19-3/h5H,4,6H2,1-3H3. The summed E-state index contributed by atoms with van der Waals surface area (Å²) in [6.07, 6.45) is 2.28. The van der Waals surface area contributed by atoms with Crippen LogP contribution in [0.5, 0.6) is 0 Å². The van der Waals surface area contributed by atoms with Gasteiger partial charge in [-0.1, -0.05) is 23.7 Å². The third kappa shape index (κ3) is 2.60. The van der Waals surface area contributed by atoms with Gasteiger partial charge in [0.25, 0.3) is 0 Å². The fourth-order valence-corrected chi connectivity index (χ4v) is 2.07. The van der Waals surface area contributed by atoms with Crippen LogP contribution in [0.15, 0.2) is 6.20 Å². The minimum Gasteiger partial charge on any atom is -0.464 e. The van der Waals surface area contributed by atoms with Gasteiger partial charge < -0.3 is 4.74 Å². The Kier molecular flexibility index (Phi) is 3.84. The van der Waals surface area contributed by atoms with Crippen molar-refractivity contribution in [2.45, 2.75) is 19.9 Å². The third-order valence-corrected chi connectivity index (χ3v) is 3.18. The molecule has 7 nitrogen and oxygen atoms in total. The quantitative estimate of drug-likeness (QED) is 0.785. The number of esters is 1. The maximum atomic E-state index is 11.3. The largest absolute Gasteiger partial charge is 0.464 e. The lowest BCUT2D eigenvalue weighted by Crippen LogP contribution is -2.06. The minimum atomic E-state index is -0.517. The second-order valence-electron chi connectivity index (χ2n) is 3.98. The van der Waals surface area contributed by atoms with Crippen molar-refractivity contribution < 1.29 is 9.53 Å². The van der Waals surface area contributed by atoms with E-state index in [9.17, 15) is 4.79 Å². The van der Waals surface area contributed by atoms with Gasteiger partial charge in [-0.05, 0) is 6.42 Å². The van der Waals surface area contributed by atoms with Crippen molar-refractivity contribution in [3.8, 4) is 0 Å². The summed E-state index contributed by atoms with van der Waals surface area (Å²) < 4.78 is 7.80. The molecule has 0 saturated carbocycles. The lowest BCUT2D eigenvalue weighted by molar-refractivity contribution is 0.0594. The Morgan fingerprint density at radius 3 is 2.84 bits per heavy atom. The highest BCUT2D eigenvalue weighted by Crippen LogP contribution is 2.21. The molecule has 2 aromatic rings. The molecule has 2 heterocycles. The van der Waals surface area contributed by atoms with Crippen LogP contribution in [-0.4, -0.2) is 37.9 Å². The van der Waals surface area contributed by atoms with Gasteiger partial charge in [-0.15, -0.1) is 5.10 Å². The topological polar surface area (TPSA) is 74.8 Å². The van der Waals surface area contributed by atoms with Crippen LogP contribution in [0.1, 0.15) is 28.8 Å². The predicted octanol–water partition coefficient (Wildman–Crippen LogP) is 1.06. The molecular formula is C11H14ClN5O2. The first-order valence-electron chi connectivity index (χ1n) is 5.75. The summed E-state index contributed by atoms with van der Waals surface area (Å²) in [7, 11) is 3.12. The lowest BCUT2D eigenvalue weighted by Gasteiger charge is -2.01. The highest BCUT2D eigenvalue weighted by Gasteiger charge is 2.16. The summed E-state index contributed by atoms with van der Waals surface area (Å²) >= 11 is 6.24. The number of halogens is 1. The number of aryl methyl sites for hydroxylation is 2. The summed E-state index contributed by atoms with van der Waals surface area (Å²) in [5.41, 5.74) is 1.82. The van der Waals surface area contributed by atoms with Gasteiger partial charge in [-0.3, -0.25) is 4.68 Å². The molecule has 0 N–H and O–H groups in total. The molecule has 0 radical (unpaired) electrons. The molecular weight excluding hydrogens is 270 g/mol. The van der Waals surface area contributed by atoms with Crippen LogP contribution in [0.3, 0.4) is 0 Å². The summed E-state index contributed by atoms with van der Waals surface area (Å²) in [4.78, 5) is 11.3. The first-order valence-corrected chi connectivity index (χ1v) is 6.13. The molecule has 0 atom stereocenters. The summed E-state index contributed by atoms with van der Waals surface area (Å²) in [5.74, 6) is -0.517. The van der Waals surface area contributed by atoms with E-state index in [0.29, 0.717) is 11.6 Å². The average Bonchev–Trinajstić information content (AvgIpc) is 2.98. The molecule has 0 aliphatic heterocycles. The molecule has 0 unspecified atom stereocenters. The Bertz CT molecular complexity index is 604. The molecule has 102 valence electrons. The Morgan fingerprint density at radius 1 is 1.53 bits per heavy atom. The summed E-state index contributed by atoms with van der Waals surface area (Å²) in [6.45, 7) is 2.38. The number of ether oxygens (including phenoxy) is 1. The van der Waals surface area contributed by atoms with E-state index in [4.69, 9.17) is 11.6 Å². The zero-order chi connectivity index (χ0) is 14.0. The predicted molar refractivity (Wildman–Crippen MR) is 68.1 cm³/mol. The van der Waals surface area contributed by atoms with E-state index >= 15 is 0 Å². The van der Waals surface area contributed by atoms with Crippen LogP contribution in [0.4, 0.5) is 0 Å². The van der Waals surface area contributed by atoms with Crippen molar-refractivity contribution in [1.82, 2.24) is 24.8 Å². The van der Waals surface area contributed by atoms with Crippen molar-refractivity contribution in [3.63, 3.8) is 0 Å². The fourth-order valence-electron chi connectivity index (χ4n) is 1.72. The van der Waals surface area contributed by atoms with Crippen molar-refractivity contribution in [3.05, 3.63) is 28.3 Å². The van der Waals surface area contributed by atoms with E-state index < -0.39 is 5.97 Å². The zero-order valence-corrected chi connectivity index (χ0v) is 11.7. The molecule has 0 aromatic carbocycles. The van der Waals surface area contributed by atoms with E-state index in [-0.39, 0.29) is 5.69 Å². The highest BCUT2D eigenvalue weighted by molar-refractivity contribution is 6.31. The van der Waals surface area contributed by atoms with E-state index in [0.717, 1.165) is 17.8 Å². The van der Waals surface area contributed by atoms with Crippen LogP contribution >= 0.6 is 11.6 Å². The first kappa shape index (κ1) is 13.5. The molecule has 2 rings (SSSR count). The number of hydrogen-bond acceptors (Lipinski definition) is 5. The number of carbonyl (C=O) groups excluding carboxylic acids is 1. The smallest absolute Gasteiger partial charge is 0.360 e. The second-order valence-corrected chi connectivity index (χ2v) is 4.36. The van der Waals surface area contributed by atoms with Crippen LogP contribution in [0.2, 0.25) is 5.02 Å². The minimum absolute atomic E-state index is 0.163. The molecule has 0 bridgehead atoms. The number of aromatic nitrogens is 5. The summed E-state index contributed by atoms with van der Waals surface area (Å²) in [5, 5.41) is 12.5. The van der Waals surface area contributed by atoms with E-state index in [2.05, 4.69) is 20.1 Å². The Morgan fingerprint density at radius 2 is 2.26 bits per heavy atom. The monoisotopic (exact) mass is 283 g/mol. The Hall–Kier alpha value is -1.89. The third-order valence-electron chi connectivity index (χ3n) is 2.75. The van der Waals surface area contributed by atoms with Gasteiger partial charge in [0.1, 0.15) is 0 Å². The number of methoxy groups -OCH3 is 1. The van der Waals surface area contributed by atoms with Gasteiger partial charge in [0.15, 0.2) is 5.69 Å². The number of carbonyl (C=O) groups is 1. The number of rotatable bonds is 4. The maximum absolute atomic E-state index is 11.3. The van der Waals surface area contributed by atoms with Gasteiger partial charge in [0, 0.05) is 7.05 Å². The maximum Gasteiger partial charge on any atom is 0.360 e. The van der Waals surface area contributed by atoms with Gasteiger partial charge in [-0.2, -0.15) is 5.10 Å². The molecule has 8 heteroatoms. The molecule has 0 fully saturated rings. The molecule has 0 aliphatic rings. The fraction of sp³-hybridized carbons (Fsp3) is 0.455. The summed E-state index contributed by atoms with van der Waals surface area (Å²) in [6, 6.07) is 0.